The van der Waals surface area contributed by atoms with Gasteiger partial charge in [-0.3, -0.25) is 0 Å². The molecule has 0 saturated carbocycles. The predicted molar refractivity (Wildman–Crippen MR) is 99.0 cm³/mol. The van der Waals surface area contributed by atoms with Crippen LogP contribution >= 0.6 is 11.3 Å². The van der Waals surface area contributed by atoms with Gasteiger partial charge in [-0.1, -0.05) is 55.5 Å². The van der Waals surface area contributed by atoms with Crippen molar-refractivity contribution in [1.82, 2.24) is 4.57 Å². The quantitative estimate of drug-likeness (QED) is 0.575. The summed E-state index contributed by atoms with van der Waals surface area (Å²) in [5.74, 6) is 0. The number of aryl methyl sites for hydroxylation is 1. The van der Waals surface area contributed by atoms with E-state index in [2.05, 4.69) is 72.0 Å². The van der Waals surface area contributed by atoms with E-state index in [4.69, 9.17) is 4.99 Å². The second-order valence-corrected chi connectivity index (χ2v) is 6.14. The average Bonchev–Trinajstić information content (AvgIpc) is 2.99. The molecule has 3 heteroatoms. The molecule has 116 valence electrons. The Balaban J connectivity index is 2.06. The lowest BCUT2D eigenvalue weighted by molar-refractivity contribution is 0.800. The molecule has 0 unspecified atom stereocenters. The van der Waals surface area contributed by atoms with Crippen molar-refractivity contribution >= 4 is 17.0 Å². The number of nitrogens with zero attached hydrogens (tertiary/aromatic N) is 2. The van der Waals surface area contributed by atoms with Gasteiger partial charge in [-0.25, -0.2) is 4.99 Å². The zero-order chi connectivity index (χ0) is 16.1. The standard InChI is InChI=1S/C20H20N2S/c1-3-14-22-19(17-8-6-5-7-9-17)15-23-20(22)21-18-12-10-16(4-2)11-13-18/h3,5-13,15H,1,4,14H2,2H3. The van der Waals surface area contributed by atoms with Gasteiger partial charge in [0.15, 0.2) is 4.80 Å². The zero-order valence-corrected chi connectivity index (χ0v) is 14.1. The van der Waals surface area contributed by atoms with Crippen molar-refractivity contribution in [1.29, 1.82) is 0 Å². The largest absolute Gasteiger partial charge is 0.313 e. The van der Waals surface area contributed by atoms with Crippen LogP contribution in [0.25, 0.3) is 11.3 Å². The third-order valence-corrected chi connectivity index (χ3v) is 4.61. The first kappa shape index (κ1) is 15.5. The summed E-state index contributed by atoms with van der Waals surface area (Å²) < 4.78 is 2.21. The minimum absolute atomic E-state index is 0.750. The van der Waals surface area contributed by atoms with Gasteiger partial charge in [0.25, 0.3) is 0 Å². The van der Waals surface area contributed by atoms with Gasteiger partial charge in [0.1, 0.15) is 0 Å². The van der Waals surface area contributed by atoms with E-state index in [1.165, 1.54) is 16.8 Å². The highest BCUT2D eigenvalue weighted by atomic mass is 32.1. The van der Waals surface area contributed by atoms with Crippen molar-refractivity contribution in [3.8, 4) is 11.3 Å². The molecule has 2 aromatic carbocycles. The predicted octanol–water partition coefficient (Wildman–Crippen LogP) is 5.20. The van der Waals surface area contributed by atoms with E-state index >= 15 is 0 Å². The van der Waals surface area contributed by atoms with Crippen LogP contribution in [0.2, 0.25) is 0 Å². The lowest BCUT2D eigenvalue weighted by atomic mass is 10.1. The molecule has 0 spiro atoms. The van der Waals surface area contributed by atoms with Crippen LogP contribution in [0.1, 0.15) is 12.5 Å². The highest BCUT2D eigenvalue weighted by molar-refractivity contribution is 7.07. The van der Waals surface area contributed by atoms with Gasteiger partial charge in [0, 0.05) is 11.9 Å². The molecule has 0 bridgehead atoms. The Morgan fingerprint density at radius 1 is 1.09 bits per heavy atom. The highest BCUT2D eigenvalue weighted by Crippen LogP contribution is 2.20. The van der Waals surface area contributed by atoms with E-state index in [0.717, 1.165) is 23.5 Å². The SMILES string of the molecule is C=CCn1c(-c2ccccc2)csc1=Nc1ccc(CC)cc1. The van der Waals surface area contributed by atoms with Crippen LogP contribution in [-0.2, 0) is 13.0 Å². The first-order valence-corrected chi connectivity index (χ1v) is 8.68. The maximum absolute atomic E-state index is 4.81. The highest BCUT2D eigenvalue weighted by Gasteiger charge is 2.06. The zero-order valence-electron chi connectivity index (χ0n) is 13.3. The fourth-order valence-electron chi connectivity index (χ4n) is 2.48. The van der Waals surface area contributed by atoms with E-state index in [-0.39, 0.29) is 0 Å². The second-order valence-electron chi connectivity index (χ2n) is 5.30. The molecule has 0 fully saturated rings. The molecule has 0 aliphatic heterocycles. The Morgan fingerprint density at radius 3 is 2.48 bits per heavy atom. The molecule has 3 rings (SSSR count). The molecule has 2 nitrogen and oxygen atoms in total. The Kier molecular flexibility index (Phi) is 4.89. The molecule has 0 aliphatic carbocycles. The second kappa shape index (κ2) is 7.25. The van der Waals surface area contributed by atoms with E-state index in [0.29, 0.717) is 0 Å². The minimum atomic E-state index is 0.750. The van der Waals surface area contributed by atoms with Crippen molar-refractivity contribution in [2.24, 2.45) is 4.99 Å². The first-order chi connectivity index (χ1) is 11.3. The molecule has 1 aromatic heterocycles. The third-order valence-electron chi connectivity index (χ3n) is 3.75. The average molecular weight is 320 g/mol. The molecule has 0 amide bonds. The van der Waals surface area contributed by atoms with Crippen molar-refractivity contribution in [2.45, 2.75) is 19.9 Å². The molecular formula is C20H20N2S. The van der Waals surface area contributed by atoms with Crippen LogP contribution in [0, 0.1) is 0 Å². The maximum Gasteiger partial charge on any atom is 0.190 e. The summed E-state index contributed by atoms with van der Waals surface area (Å²) >= 11 is 1.66. The number of hydrogen-bond acceptors (Lipinski definition) is 2. The molecule has 0 aliphatic rings. The number of benzene rings is 2. The first-order valence-electron chi connectivity index (χ1n) is 7.80. The fraction of sp³-hybridized carbons (Fsp3) is 0.150. The van der Waals surface area contributed by atoms with Gasteiger partial charge in [0.2, 0.25) is 0 Å². The lowest BCUT2D eigenvalue weighted by Gasteiger charge is -2.06. The molecule has 0 radical (unpaired) electrons. The molecule has 3 aromatic rings. The number of hydrogen-bond donors (Lipinski definition) is 0. The van der Waals surface area contributed by atoms with Gasteiger partial charge < -0.3 is 4.57 Å². The molecule has 23 heavy (non-hydrogen) atoms. The lowest BCUT2D eigenvalue weighted by Crippen LogP contribution is -2.14. The van der Waals surface area contributed by atoms with Gasteiger partial charge in [-0.05, 0) is 29.7 Å². The number of allylic oxidation sites excluding steroid dienone is 1. The Morgan fingerprint density at radius 2 is 1.83 bits per heavy atom. The van der Waals surface area contributed by atoms with Crippen LogP contribution in [0.4, 0.5) is 5.69 Å². The number of thiazole rings is 1. The van der Waals surface area contributed by atoms with Gasteiger partial charge in [-0.15, -0.1) is 17.9 Å². The molecule has 0 saturated heterocycles. The van der Waals surface area contributed by atoms with Crippen molar-refractivity contribution in [3.05, 3.63) is 83.0 Å². The van der Waals surface area contributed by atoms with Crippen LogP contribution in [-0.4, -0.2) is 4.57 Å². The van der Waals surface area contributed by atoms with Gasteiger partial charge in [-0.2, -0.15) is 0 Å². The summed E-state index contributed by atoms with van der Waals surface area (Å²) in [6.07, 6.45) is 2.96. The van der Waals surface area contributed by atoms with E-state index in [9.17, 15) is 0 Å². The molecular weight excluding hydrogens is 300 g/mol. The summed E-state index contributed by atoms with van der Waals surface area (Å²) in [6.45, 7) is 6.80. The van der Waals surface area contributed by atoms with Crippen LogP contribution in [0.3, 0.4) is 0 Å². The summed E-state index contributed by atoms with van der Waals surface area (Å²) in [7, 11) is 0. The molecule has 0 N–H and O–H groups in total. The van der Waals surface area contributed by atoms with Crippen LogP contribution < -0.4 is 4.80 Å². The normalized spacial score (nSPS) is 11.6. The Hall–Kier alpha value is -2.39. The van der Waals surface area contributed by atoms with Crippen molar-refractivity contribution in [3.63, 3.8) is 0 Å². The van der Waals surface area contributed by atoms with Crippen LogP contribution in [0.15, 0.2) is 77.6 Å². The van der Waals surface area contributed by atoms with E-state index < -0.39 is 0 Å². The van der Waals surface area contributed by atoms with Crippen molar-refractivity contribution in [2.75, 3.05) is 0 Å². The molecule has 1 heterocycles. The monoisotopic (exact) mass is 320 g/mol. The number of aromatic nitrogens is 1. The number of rotatable bonds is 5. The Labute approximate surface area is 141 Å². The maximum atomic E-state index is 4.81. The van der Waals surface area contributed by atoms with Gasteiger partial charge >= 0.3 is 0 Å². The van der Waals surface area contributed by atoms with E-state index in [1.807, 2.05) is 12.1 Å². The topological polar surface area (TPSA) is 17.3 Å². The summed E-state index contributed by atoms with van der Waals surface area (Å²) in [4.78, 5) is 5.81. The van der Waals surface area contributed by atoms with Crippen molar-refractivity contribution < 1.29 is 0 Å². The summed E-state index contributed by atoms with van der Waals surface area (Å²) in [6, 6.07) is 18.9. The minimum Gasteiger partial charge on any atom is -0.313 e. The summed E-state index contributed by atoms with van der Waals surface area (Å²) in [5, 5.41) is 2.16. The van der Waals surface area contributed by atoms with Gasteiger partial charge in [0.05, 0.1) is 11.4 Å². The third kappa shape index (κ3) is 3.51. The fourth-order valence-corrected chi connectivity index (χ4v) is 3.42. The van der Waals surface area contributed by atoms with Crippen LogP contribution in [0.5, 0.6) is 0 Å². The smallest absolute Gasteiger partial charge is 0.190 e. The van der Waals surface area contributed by atoms with E-state index in [1.54, 1.807) is 11.3 Å². The molecule has 0 atom stereocenters. The summed E-state index contributed by atoms with van der Waals surface area (Å²) in [5.41, 5.74) is 4.70. The Bertz CT molecular complexity index is 839.